The van der Waals surface area contributed by atoms with Gasteiger partial charge in [0.25, 0.3) is 0 Å². The highest BCUT2D eigenvalue weighted by Gasteiger charge is 2.18. The van der Waals surface area contributed by atoms with Gasteiger partial charge in [-0.25, -0.2) is 0 Å². The van der Waals surface area contributed by atoms with Gasteiger partial charge >= 0.3 is 0 Å². The van der Waals surface area contributed by atoms with E-state index in [0.29, 0.717) is 0 Å². The summed E-state index contributed by atoms with van der Waals surface area (Å²) in [7, 11) is 0. The van der Waals surface area contributed by atoms with Gasteiger partial charge in [0.05, 0.1) is 0 Å². The molecule has 0 radical (unpaired) electrons. The molecule has 0 atom stereocenters. The summed E-state index contributed by atoms with van der Waals surface area (Å²) in [6.07, 6.45) is 0. The Morgan fingerprint density at radius 1 is 0.882 bits per heavy atom. The third-order valence-corrected chi connectivity index (χ3v) is 3.36. The molecule has 2 heteroatoms. The van der Waals surface area contributed by atoms with E-state index in [0.717, 1.165) is 25.3 Å². The first-order chi connectivity index (χ1) is 8.33. The summed E-state index contributed by atoms with van der Waals surface area (Å²) in [5.74, 6) is 0. The fraction of sp³-hybridized carbons (Fsp3) is 0.200. The second-order valence-electron chi connectivity index (χ2n) is 4.61. The lowest BCUT2D eigenvalue weighted by Gasteiger charge is -2.16. The molecule has 0 unspecified atom stereocenters. The topological polar surface area (TPSA) is 29.3 Å². The number of hydrogen-bond donors (Lipinski definition) is 1. The predicted molar refractivity (Wildman–Crippen MR) is 70.2 cm³/mol. The Labute approximate surface area is 102 Å². The predicted octanol–water partition coefficient (Wildman–Crippen LogP) is 2.78. The maximum atomic E-state index is 5.98. The van der Waals surface area contributed by atoms with Gasteiger partial charge in [-0.3, -0.25) is 4.90 Å². The highest BCUT2D eigenvalue weighted by Crippen LogP contribution is 2.25. The van der Waals surface area contributed by atoms with Crippen molar-refractivity contribution in [2.75, 3.05) is 5.73 Å². The summed E-state index contributed by atoms with van der Waals surface area (Å²) in [4.78, 5) is 2.43. The van der Waals surface area contributed by atoms with Crippen molar-refractivity contribution in [1.29, 1.82) is 0 Å². The number of fused-ring (bicyclic) bond motifs is 1. The third-order valence-electron chi connectivity index (χ3n) is 3.36. The molecule has 0 aromatic heterocycles. The molecule has 2 nitrogen and oxygen atoms in total. The van der Waals surface area contributed by atoms with Gasteiger partial charge in [0.1, 0.15) is 0 Å². The Balaban J connectivity index is 1.76. The fourth-order valence-electron chi connectivity index (χ4n) is 2.43. The first-order valence-corrected chi connectivity index (χ1v) is 5.95. The molecule has 1 heterocycles. The van der Waals surface area contributed by atoms with Crippen LogP contribution in [-0.2, 0) is 19.6 Å². The van der Waals surface area contributed by atoms with Gasteiger partial charge in [0.15, 0.2) is 0 Å². The molecule has 2 aromatic rings. The van der Waals surface area contributed by atoms with E-state index in [2.05, 4.69) is 41.3 Å². The van der Waals surface area contributed by atoms with Crippen LogP contribution in [0.1, 0.15) is 16.7 Å². The first kappa shape index (κ1) is 10.4. The van der Waals surface area contributed by atoms with Crippen molar-refractivity contribution in [2.24, 2.45) is 0 Å². The normalized spacial score (nSPS) is 14.8. The minimum absolute atomic E-state index is 0.892. The zero-order chi connectivity index (χ0) is 11.7. The Hall–Kier alpha value is -1.80. The van der Waals surface area contributed by atoms with Crippen molar-refractivity contribution in [2.45, 2.75) is 19.6 Å². The van der Waals surface area contributed by atoms with Crippen molar-refractivity contribution in [1.82, 2.24) is 4.90 Å². The molecule has 2 N–H and O–H groups in total. The molecule has 0 saturated carbocycles. The number of nitrogens with two attached hydrogens (primary N) is 1. The second-order valence-corrected chi connectivity index (χ2v) is 4.61. The summed E-state index contributed by atoms with van der Waals surface area (Å²) >= 11 is 0. The number of nitrogen functional groups attached to an aromatic ring is 1. The van der Waals surface area contributed by atoms with Crippen LogP contribution in [0.5, 0.6) is 0 Å². The van der Waals surface area contributed by atoms with Crippen LogP contribution >= 0.6 is 0 Å². The van der Waals surface area contributed by atoms with Crippen molar-refractivity contribution >= 4 is 5.69 Å². The molecule has 17 heavy (non-hydrogen) atoms. The van der Waals surface area contributed by atoms with Gasteiger partial charge < -0.3 is 5.73 Å². The maximum Gasteiger partial charge on any atom is 0.0359 e. The molecule has 1 aliphatic rings. The molecule has 3 rings (SSSR count). The molecule has 0 aliphatic carbocycles. The van der Waals surface area contributed by atoms with Crippen LogP contribution in [0.4, 0.5) is 5.69 Å². The lowest BCUT2D eigenvalue weighted by Crippen LogP contribution is -2.16. The molecule has 0 saturated heterocycles. The minimum atomic E-state index is 0.892. The van der Waals surface area contributed by atoms with Crippen LogP contribution in [0.15, 0.2) is 48.5 Å². The van der Waals surface area contributed by atoms with E-state index in [1.54, 1.807) is 0 Å². The zero-order valence-electron chi connectivity index (χ0n) is 9.76. The smallest absolute Gasteiger partial charge is 0.0359 e. The van der Waals surface area contributed by atoms with Crippen molar-refractivity contribution in [3.8, 4) is 0 Å². The number of benzene rings is 2. The molecular weight excluding hydrogens is 208 g/mol. The third kappa shape index (κ3) is 2.04. The molecule has 0 spiro atoms. The average Bonchev–Trinajstić information content (AvgIpc) is 2.74. The highest BCUT2D eigenvalue weighted by atomic mass is 15.1. The van der Waals surface area contributed by atoms with Crippen LogP contribution in [0.3, 0.4) is 0 Å². The lowest BCUT2D eigenvalue weighted by molar-refractivity contribution is 0.276. The molecule has 2 aromatic carbocycles. The Bertz CT molecular complexity index is 509. The summed E-state index contributed by atoms with van der Waals surface area (Å²) in [5, 5.41) is 0. The summed E-state index contributed by atoms with van der Waals surface area (Å²) < 4.78 is 0. The minimum Gasteiger partial charge on any atom is -0.398 e. The van der Waals surface area contributed by atoms with Crippen LogP contribution < -0.4 is 5.73 Å². The van der Waals surface area contributed by atoms with E-state index in [-0.39, 0.29) is 0 Å². The Morgan fingerprint density at radius 3 is 2.12 bits per heavy atom. The van der Waals surface area contributed by atoms with Crippen LogP contribution in [0.2, 0.25) is 0 Å². The van der Waals surface area contributed by atoms with Gasteiger partial charge in [-0.1, -0.05) is 42.5 Å². The number of anilines is 1. The molecule has 86 valence electrons. The van der Waals surface area contributed by atoms with Crippen LogP contribution in [0, 0.1) is 0 Å². The summed E-state index contributed by atoms with van der Waals surface area (Å²) in [6.45, 7) is 3.00. The monoisotopic (exact) mass is 224 g/mol. The zero-order valence-corrected chi connectivity index (χ0v) is 9.76. The van der Waals surface area contributed by atoms with Gasteiger partial charge in [-0.05, 0) is 22.8 Å². The highest BCUT2D eigenvalue weighted by molar-refractivity contribution is 5.46. The van der Waals surface area contributed by atoms with E-state index >= 15 is 0 Å². The number of nitrogens with zero attached hydrogens (tertiary/aromatic N) is 1. The van der Waals surface area contributed by atoms with E-state index in [4.69, 9.17) is 5.73 Å². The van der Waals surface area contributed by atoms with Crippen molar-refractivity contribution < 1.29 is 0 Å². The van der Waals surface area contributed by atoms with E-state index in [1.165, 1.54) is 16.7 Å². The van der Waals surface area contributed by atoms with Crippen LogP contribution in [-0.4, -0.2) is 4.90 Å². The van der Waals surface area contributed by atoms with Crippen molar-refractivity contribution in [3.05, 3.63) is 65.2 Å². The van der Waals surface area contributed by atoms with E-state index < -0.39 is 0 Å². The maximum absolute atomic E-state index is 5.98. The van der Waals surface area contributed by atoms with Crippen molar-refractivity contribution in [3.63, 3.8) is 0 Å². The van der Waals surface area contributed by atoms with E-state index in [1.807, 2.05) is 12.1 Å². The van der Waals surface area contributed by atoms with Crippen LogP contribution in [0.25, 0.3) is 0 Å². The number of rotatable bonds is 2. The standard InChI is InChI=1S/C15H16N2/c16-15-8-4-3-7-14(15)11-17-9-12-5-1-2-6-13(12)10-17/h1-8H,9-11,16H2. The van der Waals surface area contributed by atoms with Gasteiger partial charge in [0, 0.05) is 25.3 Å². The quantitative estimate of drug-likeness (QED) is 0.795. The Morgan fingerprint density at radius 2 is 1.47 bits per heavy atom. The summed E-state index contributed by atoms with van der Waals surface area (Å²) in [6, 6.07) is 16.8. The SMILES string of the molecule is Nc1ccccc1CN1Cc2ccccc2C1. The second kappa shape index (κ2) is 4.22. The fourth-order valence-corrected chi connectivity index (χ4v) is 2.43. The first-order valence-electron chi connectivity index (χ1n) is 5.95. The van der Waals surface area contributed by atoms with Gasteiger partial charge in [-0.15, -0.1) is 0 Å². The molecular formula is C15H16N2. The lowest BCUT2D eigenvalue weighted by atomic mass is 10.1. The number of hydrogen-bond acceptors (Lipinski definition) is 2. The molecule has 1 aliphatic heterocycles. The summed E-state index contributed by atoms with van der Waals surface area (Å²) in [5.41, 5.74) is 11.0. The van der Waals surface area contributed by atoms with Gasteiger partial charge in [-0.2, -0.15) is 0 Å². The molecule has 0 fully saturated rings. The average molecular weight is 224 g/mol. The van der Waals surface area contributed by atoms with Gasteiger partial charge in [0.2, 0.25) is 0 Å². The molecule has 0 bridgehead atoms. The van der Waals surface area contributed by atoms with E-state index in [9.17, 15) is 0 Å². The Kier molecular flexibility index (Phi) is 2.57. The number of para-hydroxylation sites is 1. The largest absolute Gasteiger partial charge is 0.398 e. The molecule has 0 amide bonds.